The molecule has 0 heterocycles. The van der Waals surface area contributed by atoms with Crippen molar-refractivity contribution in [3.05, 3.63) is 30.3 Å². The molecule has 0 saturated heterocycles. The summed E-state index contributed by atoms with van der Waals surface area (Å²) < 4.78 is 31.1. The molecule has 0 aliphatic rings. The molecular weight excluding hydrogens is 306 g/mol. The van der Waals surface area contributed by atoms with Crippen LogP contribution in [-0.2, 0) is 14.9 Å². The van der Waals surface area contributed by atoms with E-state index in [1.54, 1.807) is 0 Å². The van der Waals surface area contributed by atoms with Gasteiger partial charge in [-0.05, 0) is 23.6 Å². The third-order valence-corrected chi connectivity index (χ3v) is 3.68. The molecule has 20 heavy (non-hydrogen) atoms. The van der Waals surface area contributed by atoms with Gasteiger partial charge in [0.2, 0.25) is 5.91 Å². The number of rotatable bonds is 3. The summed E-state index contributed by atoms with van der Waals surface area (Å²) in [7, 11) is -4.40. The Bertz CT molecular complexity index is 788. The number of hydrogen-bond acceptors (Lipinski definition) is 4. The van der Waals surface area contributed by atoms with E-state index in [-0.39, 0.29) is 11.6 Å². The van der Waals surface area contributed by atoms with Gasteiger partial charge in [0.05, 0.1) is 4.90 Å². The van der Waals surface area contributed by atoms with E-state index in [1.165, 1.54) is 24.3 Å². The Morgan fingerprint density at radius 1 is 1.25 bits per heavy atom. The van der Waals surface area contributed by atoms with Crippen LogP contribution in [0, 0.1) is 0 Å². The van der Waals surface area contributed by atoms with Gasteiger partial charge in [-0.3, -0.25) is 9.35 Å². The predicted octanol–water partition coefficient (Wildman–Crippen LogP) is 1.97. The number of alkyl halides is 1. The zero-order valence-electron chi connectivity index (χ0n) is 10.00. The highest BCUT2D eigenvalue weighted by atomic mass is 35.5. The fraction of sp³-hybridized carbons (Fsp3) is 0.0833. The Labute approximate surface area is 119 Å². The standard InChI is InChI=1S/C12H10ClNO5S/c13-6-12(16)14-8-2-1-7-3-9(20(17,18)19)5-11(15)10(7)4-8/h1-5,15H,6H2,(H,14,16)(H,17,18,19). The van der Waals surface area contributed by atoms with Gasteiger partial charge in [0, 0.05) is 17.1 Å². The van der Waals surface area contributed by atoms with Crippen molar-refractivity contribution in [1.82, 2.24) is 0 Å². The van der Waals surface area contributed by atoms with Crippen LogP contribution >= 0.6 is 11.6 Å². The largest absolute Gasteiger partial charge is 0.507 e. The molecule has 0 aliphatic heterocycles. The maximum Gasteiger partial charge on any atom is 0.294 e. The monoisotopic (exact) mass is 315 g/mol. The quantitative estimate of drug-likeness (QED) is 0.593. The molecule has 2 aromatic rings. The molecule has 0 radical (unpaired) electrons. The van der Waals surface area contributed by atoms with Crippen molar-refractivity contribution in [3.63, 3.8) is 0 Å². The highest BCUT2D eigenvalue weighted by Crippen LogP contribution is 2.30. The van der Waals surface area contributed by atoms with E-state index in [2.05, 4.69) is 5.32 Å². The molecular formula is C12H10ClNO5S. The van der Waals surface area contributed by atoms with Crippen molar-refractivity contribution in [2.75, 3.05) is 11.2 Å². The molecule has 2 aromatic carbocycles. The number of nitrogens with one attached hydrogen (secondary N) is 1. The van der Waals surface area contributed by atoms with Crippen molar-refractivity contribution in [2.45, 2.75) is 4.90 Å². The van der Waals surface area contributed by atoms with Crippen molar-refractivity contribution in [1.29, 1.82) is 0 Å². The van der Waals surface area contributed by atoms with E-state index in [0.717, 1.165) is 6.07 Å². The summed E-state index contributed by atoms with van der Waals surface area (Å²) in [5.74, 6) is -0.928. The first-order chi connectivity index (χ1) is 9.31. The zero-order valence-corrected chi connectivity index (χ0v) is 11.6. The molecule has 6 nitrogen and oxygen atoms in total. The minimum atomic E-state index is -4.40. The lowest BCUT2D eigenvalue weighted by Gasteiger charge is -2.08. The van der Waals surface area contributed by atoms with Crippen LogP contribution in [0.3, 0.4) is 0 Å². The number of amides is 1. The molecule has 0 spiro atoms. The van der Waals surface area contributed by atoms with E-state index in [9.17, 15) is 18.3 Å². The van der Waals surface area contributed by atoms with Gasteiger partial charge < -0.3 is 10.4 Å². The van der Waals surface area contributed by atoms with Crippen molar-refractivity contribution in [2.24, 2.45) is 0 Å². The van der Waals surface area contributed by atoms with Crippen LogP contribution < -0.4 is 5.32 Å². The summed E-state index contributed by atoms with van der Waals surface area (Å²) in [5, 5.41) is 13.1. The zero-order chi connectivity index (χ0) is 14.9. The second kappa shape index (κ2) is 5.28. The summed E-state index contributed by atoms with van der Waals surface area (Å²) in [6.45, 7) is 0. The highest BCUT2D eigenvalue weighted by molar-refractivity contribution is 7.85. The Kier molecular flexibility index (Phi) is 3.85. The van der Waals surface area contributed by atoms with Gasteiger partial charge in [0.1, 0.15) is 11.6 Å². The van der Waals surface area contributed by atoms with Gasteiger partial charge >= 0.3 is 0 Å². The van der Waals surface area contributed by atoms with Crippen molar-refractivity contribution >= 4 is 44.1 Å². The third-order valence-electron chi connectivity index (χ3n) is 2.61. The Balaban J connectivity index is 2.55. The minimum Gasteiger partial charge on any atom is -0.507 e. The molecule has 0 aliphatic carbocycles. The maximum atomic E-state index is 11.2. The number of carbonyl (C=O) groups is 1. The smallest absolute Gasteiger partial charge is 0.294 e. The first-order valence-electron chi connectivity index (χ1n) is 5.41. The summed E-state index contributed by atoms with van der Waals surface area (Å²) in [5.41, 5.74) is 0.415. The lowest BCUT2D eigenvalue weighted by atomic mass is 10.1. The fourth-order valence-electron chi connectivity index (χ4n) is 1.73. The SMILES string of the molecule is O=C(CCl)Nc1ccc2cc(S(=O)(=O)O)cc(O)c2c1. The van der Waals surface area contributed by atoms with E-state index in [0.29, 0.717) is 16.5 Å². The lowest BCUT2D eigenvalue weighted by molar-refractivity contribution is -0.113. The normalized spacial score (nSPS) is 11.5. The van der Waals surface area contributed by atoms with Crippen LogP contribution in [0.1, 0.15) is 0 Å². The number of phenols is 1. The average Bonchev–Trinajstić information content (AvgIpc) is 2.38. The summed E-state index contributed by atoms with van der Waals surface area (Å²) in [4.78, 5) is 10.8. The van der Waals surface area contributed by atoms with Crippen molar-refractivity contribution < 1.29 is 22.9 Å². The predicted molar refractivity (Wildman–Crippen MR) is 74.8 cm³/mol. The number of fused-ring (bicyclic) bond motifs is 1. The topological polar surface area (TPSA) is 104 Å². The summed E-state index contributed by atoms with van der Waals surface area (Å²) >= 11 is 5.37. The molecule has 1 amide bonds. The molecule has 0 aromatic heterocycles. The second-order valence-corrected chi connectivity index (χ2v) is 5.72. The maximum absolute atomic E-state index is 11.2. The molecule has 0 fully saturated rings. The van der Waals surface area contributed by atoms with Gasteiger partial charge in [0.25, 0.3) is 10.1 Å². The van der Waals surface area contributed by atoms with Crippen LogP contribution in [0.5, 0.6) is 5.75 Å². The number of halogens is 1. The molecule has 8 heteroatoms. The molecule has 106 valence electrons. The van der Waals surface area contributed by atoms with Gasteiger partial charge in [-0.25, -0.2) is 0 Å². The summed E-state index contributed by atoms with van der Waals surface area (Å²) in [6.07, 6.45) is 0. The number of carbonyl (C=O) groups excluding carboxylic acids is 1. The van der Waals surface area contributed by atoms with Crippen LogP contribution in [0.15, 0.2) is 35.2 Å². The molecule has 0 saturated carbocycles. The number of benzene rings is 2. The van der Waals surface area contributed by atoms with E-state index in [1.807, 2.05) is 0 Å². The van der Waals surface area contributed by atoms with Gasteiger partial charge in [-0.2, -0.15) is 8.42 Å². The van der Waals surface area contributed by atoms with Gasteiger partial charge in [-0.1, -0.05) is 6.07 Å². The molecule has 0 atom stereocenters. The van der Waals surface area contributed by atoms with E-state index in [4.69, 9.17) is 16.2 Å². The minimum absolute atomic E-state index is 0.203. The van der Waals surface area contributed by atoms with Gasteiger partial charge in [0.15, 0.2) is 0 Å². The van der Waals surface area contributed by atoms with Crippen molar-refractivity contribution in [3.8, 4) is 5.75 Å². The first-order valence-corrected chi connectivity index (χ1v) is 7.39. The van der Waals surface area contributed by atoms with Gasteiger partial charge in [-0.15, -0.1) is 11.6 Å². The lowest BCUT2D eigenvalue weighted by Crippen LogP contribution is -2.12. The number of phenolic OH excluding ortho intramolecular Hbond substituents is 1. The molecule has 0 bridgehead atoms. The highest BCUT2D eigenvalue weighted by Gasteiger charge is 2.13. The summed E-state index contributed by atoms with van der Waals surface area (Å²) in [6, 6.07) is 6.67. The van der Waals surface area contributed by atoms with Crippen LogP contribution in [-0.4, -0.2) is 29.9 Å². The van der Waals surface area contributed by atoms with Crippen LogP contribution in [0.25, 0.3) is 10.8 Å². The second-order valence-electron chi connectivity index (χ2n) is 4.04. The fourth-order valence-corrected chi connectivity index (χ4v) is 2.34. The number of hydrogen-bond donors (Lipinski definition) is 3. The van der Waals surface area contributed by atoms with Crippen LogP contribution in [0.2, 0.25) is 0 Å². The molecule has 3 N–H and O–H groups in total. The van der Waals surface area contributed by atoms with Crippen LogP contribution in [0.4, 0.5) is 5.69 Å². The Morgan fingerprint density at radius 3 is 2.55 bits per heavy atom. The number of anilines is 1. The molecule has 0 unspecified atom stereocenters. The Morgan fingerprint density at radius 2 is 1.95 bits per heavy atom. The number of aromatic hydroxyl groups is 1. The molecule has 2 rings (SSSR count). The average molecular weight is 316 g/mol. The Hall–Kier alpha value is -1.83. The van der Waals surface area contributed by atoms with E-state index < -0.39 is 20.9 Å². The van der Waals surface area contributed by atoms with E-state index >= 15 is 0 Å². The first kappa shape index (κ1) is 14.6. The third kappa shape index (κ3) is 3.01.